The van der Waals surface area contributed by atoms with Crippen molar-refractivity contribution in [3.8, 4) is 11.8 Å². The number of hydrogen-bond donors (Lipinski definition) is 1. The van der Waals surface area contributed by atoms with Crippen molar-refractivity contribution >= 4 is 0 Å². The van der Waals surface area contributed by atoms with Crippen LogP contribution in [-0.2, 0) is 6.54 Å². The Bertz CT molecular complexity index is 382. The van der Waals surface area contributed by atoms with Crippen LogP contribution in [0.5, 0.6) is 5.75 Å². The van der Waals surface area contributed by atoms with Gasteiger partial charge in [0.1, 0.15) is 5.75 Å². The Balaban J connectivity index is 2.48. The fraction of sp³-hybridized carbons (Fsp3) is 0.500. The Kier molecular flexibility index (Phi) is 5.51. The van der Waals surface area contributed by atoms with E-state index in [-0.39, 0.29) is 5.92 Å². The van der Waals surface area contributed by atoms with Gasteiger partial charge in [-0.3, -0.25) is 0 Å². The molecule has 0 saturated heterocycles. The van der Waals surface area contributed by atoms with Crippen molar-refractivity contribution in [3.63, 3.8) is 0 Å². The molecule has 1 aromatic rings. The summed E-state index contributed by atoms with van der Waals surface area (Å²) in [7, 11) is 1.67. The van der Waals surface area contributed by atoms with Crippen molar-refractivity contribution in [2.45, 2.75) is 20.4 Å². The van der Waals surface area contributed by atoms with Crippen LogP contribution in [0.4, 0.5) is 0 Å². The van der Waals surface area contributed by atoms with E-state index in [1.807, 2.05) is 24.3 Å². The lowest BCUT2D eigenvalue weighted by atomic mass is 9.97. The van der Waals surface area contributed by atoms with Crippen LogP contribution >= 0.6 is 0 Å². The predicted molar refractivity (Wildman–Crippen MR) is 68.6 cm³/mol. The summed E-state index contributed by atoms with van der Waals surface area (Å²) in [6.45, 7) is 5.58. The molecule has 1 rings (SSSR count). The first-order valence-electron chi connectivity index (χ1n) is 5.91. The number of nitrogens with one attached hydrogen (secondary N) is 1. The topological polar surface area (TPSA) is 45.0 Å². The molecule has 1 unspecified atom stereocenters. The van der Waals surface area contributed by atoms with E-state index in [4.69, 9.17) is 10.00 Å². The third-order valence-electron chi connectivity index (χ3n) is 2.84. The number of nitrogens with zero attached hydrogens (tertiary/aromatic N) is 1. The monoisotopic (exact) mass is 232 g/mol. The molecule has 92 valence electrons. The van der Waals surface area contributed by atoms with E-state index in [0.29, 0.717) is 12.5 Å². The molecule has 0 aliphatic carbocycles. The van der Waals surface area contributed by atoms with Crippen LogP contribution in [0.15, 0.2) is 24.3 Å². The summed E-state index contributed by atoms with van der Waals surface area (Å²) in [5.41, 5.74) is 1.12. The van der Waals surface area contributed by atoms with Gasteiger partial charge in [-0.05, 0) is 12.0 Å². The second-order valence-electron chi connectivity index (χ2n) is 4.42. The molecule has 0 fully saturated rings. The molecule has 17 heavy (non-hydrogen) atoms. The van der Waals surface area contributed by atoms with Crippen LogP contribution in [0.2, 0.25) is 0 Å². The average Bonchev–Trinajstić information content (AvgIpc) is 2.34. The molecule has 0 aliphatic rings. The van der Waals surface area contributed by atoms with Crippen LogP contribution < -0.4 is 10.1 Å². The second-order valence-corrected chi connectivity index (χ2v) is 4.42. The van der Waals surface area contributed by atoms with Gasteiger partial charge >= 0.3 is 0 Å². The quantitative estimate of drug-likeness (QED) is 0.820. The fourth-order valence-electron chi connectivity index (χ4n) is 1.64. The second kappa shape index (κ2) is 6.93. The molecule has 3 nitrogen and oxygen atoms in total. The number of benzene rings is 1. The Hall–Kier alpha value is -1.53. The van der Waals surface area contributed by atoms with Gasteiger partial charge in [0.15, 0.2) is 0 Å². The third-order valence-corrected chi connectivity index (χ3v) is 2.84. The van der Waals surface area contributed by atoms with Crippen molar-refractivity contribution in [3.05, 3.63) is 29.8 Å². The van der Waals surface area contributed by atoms with Crippen LogP contribution in [0.1, 0.15) is 19.4 Å². The number of nitriles is 1. The first kappa shape index (κ1) is 13.5. The van der Waals surface area contributed by atoms with Crippen molar-refractivity contribution in [2.24, 2.45) is 11.8 Å². The molecule has 0 heterocycles. The van der Waals surface area contributed by atoms with E-state index in [0.717, 1.165) is 17.9 Å². The highest BCUT2D eigenvalue weighted by atomic mass is 16.5. The minimum Gasteiger partial charge on any atom is -0.496 e. The normalized spacial score (nSPS) is 12.2. The van der Waals surface area contributed by atoms with Crippen molar-refractivity contribution < 1.29 is 4.74 Å². The van der Waals surface area contributed by atoms with Gasteiger partial charge < -0.3 is 10.1 Å². The molecule has 3 heteroatoms. The van der Waals surface area contributed by atoms with Crippen LogP contribution in [0, 0.1) is 23.2 Å². The van der Waals surface area contributed by atoms with E-state index in [1.165, 1.54) is 0 Å². The highest BCUT2D eigenvalue weighted by molar-refractivity contribution is 5.32. The van der Waals surface area contributed by atoms with E-state index in [2.05, 4.69) is 25.2 Å². The molecule has 1 aromatic carbocycles. The zero-order valence-electron chi connectivity index (χ0n) is 10.7. The van der Waals surface area contributed by atoms with Gasteiger partial charge in [-0.25, -0.2) is 0 Å². The van der Waals surface area contributed by atoms with Crippen LogP contribution in [0.25, 0.3) is 0 Å². The molecule has 0 amide bonds. The lowest BCUT2D eigenvalue weighted by Crippen LogP contribution is -2.25. The SMILES string of the molecule is COc1ccccc1CNCC(C#N)C(C)C. The molecule has 1 N–H and O–H groups in total. The molecule has 0 aliphatic heterocycles. The first-order chi connectivity index (χ1) is 8.19. The molecular weight excluding hydrogens is 212 g/mol. The number of para-hydroxylation sites is 1. The fourth-order valence-corrected chi connectivity index (χ4v) is 1.64. The van der Waals surface area contributed by atoms with Gasteiger partial charge in [0.25, 0.3) is 0 Å². The minimum atomic E-state index is 0.0599. The highest BCUT2D eigenvalue weighted by Crippen LogP contribution is 2.17. The zero-order valence-corrected chi connectivity index (χ0v) is 10.7. The Morgan fingerprint density at radius 1 is 1.35 bits per heavy atom. The molecule has 1 atom stereocenters. The summed E-state index contributed by atoms with van der Waals surface area (Å²) in [5, 5.41) is 12.3. The Morgan fingerprint density at radius 2 is 2.06 bits per heavy atom. The molecule has 0 saturated carbocycles. The smallest absolute Gasteiger partial charge is 0.123 e. The Morgan fingerprint density at radius 3 is 2.65 bits per heavy atom. The van der Waals surface area contributed by atoms with Crippen molar-refractivity contribution in [2.75, 3.05) is 13.7 Å². The van der Waals surface area contributed by atoms with E-state index < -0.39 is 0 Å². The molecule has 0 bridgehead atoms. The van der Waals surface area contributed by atoms with E-state index in [1.54, 1.807) is 7.11 Å². The predicted octanol–water partition coefficient (Wildman–Crippen LogP) is 2.58. The highest BCUT2D eigenvalue weighted by Gasteiger charge is 2.11. The number of hydrogen-bond acceptors (Lipinski definition) is 3. The maximum absolute atomic E-state index is 8.98. The number of rotatable bonds is 6. The lowest BCUT2D eigenvalue weighted by molar-refractivity contribution is 0.403. The number of ether oxygens (including phenoxy) is 1. The van der Waals surface area contributed by atoms with Crippen LogP contribution in [-0.4, -0.2) is 13.7 Å². The molecule has 0 spiro atoms. The third kappa shape index (κ3) is 4.08. The maximum atomic E-state index is 8.98. The number of methoxy groups -OCH3 is 1. The molecule has 0 radical (unpaired) electrons. The van der Waals surface area contributed by atoms with Gasteiger partial charge in [0, 0.05) is 18.7 Å². The van der Waals surface area contributed by atoms with Crippen molar-refractivity contribution in [1.29, 1.82) is 5.26 Å². The summed E-state index contributed by atoms with van der Waals surface area (Å²) < 4.78 is 5.27. The summed E-state index contributed by atoms with van der Waals surface area (Å²) in [5.74, 6) is 1.33. The maximum Gasteiger partial charge on any atom is 0.123 e. The minimum absolute atomic E-state index is 0.0599. The summed E-state index contributed by atoms with van der Waals surface area (Å²) in [4.78, 5) is 0. The van der Waals surface area contributed by atoms with E-state index >= 15 is 0 Å². The summed E-state index contributed by atoms with van der Waals surface area (Å²) in [6.07, 6.45) is 0. The standard InChI is InChI=1S/C14H20N2O/c1-11(2)13(8-15)10-16-9-12-6-4-5-7-14(12)17-3/h4-7,11,13,16H,9-10H2,1-3H3. The summed E-state index contributed by atoms with van der Waals surface area (Å²) >= 11 is 0. The molecule has 0 aromatic heterocycles. The zero-order chi connectivity index (χ0) is 12.7. The molecular formula is C14H20N2O. The van der Waals surface area contributed by atoms with Crippen LogP contribution in [0.3, 0.4) is 0 Å². The van der Waals surface area contributed by atoms with Gasteiger partial charge in [-0.1, -0.05) is 32.0 Å². The van der Waals surface area contributed by atoms with Crippen molar-refractivity contribution in [1.82, 2.24) is 5.32 Å². The van der Waals surface area contributed by atoms with Gasteiger partial charge in [0.2, 0.25) is 0 Å². The van der Waals surface area contributed by atoms with Gasteiger partial charge in [0.05, 0.1) is 19.1 Å². The lowest BCUT2D eigenvalue weighted by Gasteiger charge is -2.14. The van der Waals surface area contributed by atoms with Gasteiger partial charge in [-0.15, -0.1) is 0 Å². The Labute approximate surface area is 103 Å². The van der Waals surface area contributed by atoms with Gasteiger partial charge in [-0.2, -0.15) is 5.26 Å². The van der Waals surface area contributed by atoms with E-state index in [9.17, 15) is 0 Å². The largest absolute Gasteiger partial charge is 0.496 e. The first-order valence-corrected chi connectivity index (χ1v) is 5.91. The average molecular weight is 232 g/mol. The summed E-state index contributed by atoms with van der Waals surface area (Å²) in [6, 6.07) is 10.2.